The fourth-order valence-corrected chi connectivity index (χ4v) is 2.76. The van der Waals surface area contributed by atoms with Crippen molar-refractivity contribution in [1.29, 1.82) is 0 Å². The molecule has 0 spiro atoms. The number of nitrogens with zero attached hydrogens (tertiary/aromatic N) is 1. The van der Waals surface area contributed by atoms with Crippen LogP contribution in [-0.2, 0) is 4.79 Å². The molecular weight excluding hydrogens is 200 g/mol. The summed E-state index contributed by atoms with van der Waals surface area (Å²) in [6.45, 7) is 7.43. The van der Waals surface area contributed by atoms with Gasteiger partial charge in [-0.15, -0.1) is 0 Å². The first kappa shape index (κ1) is 11.9. The van der Waals surface area contributed by atoms with Gasteiger partial charge in [0.25, 0.3) is 0 Å². The van der Waals surface area contributed by atoms with E-state index in [1.54, 1.807) is 0 Å². The van der Waals surface area contributed by atoms with Crippen molar-refractivity contribution in [1.82, 2.24) is 10.2 Å². The van der Waals surface area contributed by atoms with Crippen LogP contribution in [0.3, 0.4) is 0 Å². The van der Waals surface area contributed by atoms with E-state index >= 15 is 0 Å². The fourth-order valence-electron chi connectivity index (χ4n) is 2.76. The summed E-state index contributed by atoms with van der Waals surface area (Å²) < 4.78 is 0. The van der Waals surface area contributed by atoms with Crippen LogP contribution in [0.25, 0.3) is 0 Å². The average molecular weight is 224 g/mol. The Balaban J connectivity index is 1.79. The molecule has 2 aliphatic rings. The van der Waals surface area contributed by atoms with Crippen LogP contribution >= 0.6 is 0 Å². The second kappa shape index (κ2) is 4.36. The van der Waals surface area contributed by atoms with E-state index in [0.717, 1.165) is 32.0 Å². The lowest BCUT2D eigenvalue weighted by molar-refractivity contribution is -0.134. The molecule has 0 bridgehead atoms. The quantitative estimate of drug-likeness (QED) is 0.788. The Morgan fingerprint density at radius 2 is 1.94 bits per heavy atom. The molecule has 3 nitrogen and oxygen atoms in total. The van der Waals surface area contributed by atoms with Gasteiger partial charge in [0.2, 0.25) is 5.91 Å². The van der Waals surface area contributed by atoms with E-state index in [-0.39, 0.29) is 5.41 Å². The van der Waals surface area contributed by atoms with Crippen LogP contribution in [0.1, 0.15) is 33.1 Å². The van der Waals surface area contributed by atoms with Crippen LogP contribution in [0, 0.1) is 17.3 Å². The van der Waals surface area contributed by atoms with E-state index in [1.165, 1.54) is 12.8 Å². The maximum absolute atomic E-state index is 12.2. The summed E-state index contributed by atoms with van der Waals surface area (Å²) in [6, 6.07) is 0. The van der Waals surface area contributed by atoms with Crippen LogP contribution < -0.4 is 5.32 Å². The van der Waals surface area contributed by atoms with Gasteiger partial charge in [0.15, 0.2) is 0 Å². The van der Waals surface area contributed by atoms with Gasteiger partial charge in [0, 0.05) is 19.0 Å². The summed E-state index contributed by atoms with van der Waals surface area (Å²) in [5, 5.41) is 3.23. The summed E-state index contributed by atoms with van der Waals surface area (Å²) in [7, 11) is 2.00. The molecule has 3 heteroatoms. The molecule has 0 aromatic heterocycles. The Labute approximate surface area is 98.6 Å². The van der Waals surface area contributed by atoms with Crippen molar-refractivity contribution < 1.29 is 4.79 Å². The average Bonchev–Trinajstić information content (AvgIpc) is 2.88. The number of carbonyl (C=O) groups is 1. The molecule has 92 valence electrons. The van der Waals surface area contributed by atoms with Gasteiger partial charge in [0.1, 0.15) is 0 Å². The maximum Gasteiger partial charge on any atom is 0.226 e. The second-order valence-corrected chi connectivity index (χ2v) is 6.07. The van der Waals surface area contributed by atoms with Gasteiger partial charge in [0.05, 0.1) is 0 Å². The summed E-state index contributed by atoms with van der Waals surface area (Å²) in [5.74, 6) is 1.49. The fraction of sp³-hybridized carbons (Fsp3) is 0.923. The number of hydrogen-bond acceptors (Lipinski definition) is 2. The van der Waals surface area contributed by atoms with Gasteiger partial charge in [-0.05, 0) is 44.2 Å². The standard InChI is InChI=1S/C13H24N2O/c1-13(2)8-11(13)12(16)15-6-4-10(5-7-15)9-14-3/h10-11,14H,4-9H2,1-3H3. The minimum absolute atomic E-state index is 0.277. The van der Waals surface area contributed by atoms with E-state index < -0.39 is 0 Å². The Kier molecular flexibility index (Phi) is 3.24. The molecule has 1 saturated carbocycles. The van der Waals surface area contributed by atoms with Crippen molar-refractivity contribution in [3.8, 4) is 0 Å². The summed E-state index contributed by atoms with van der Waals surface area (Å²) in [4.78, 5) is 14.2. The molecule has 0 aromatic carbocycles. The van der Waals surface area contributed by atoms with Crippen LogP contribution in [0.4, 0.5) is 0 Å². The summed E-state index contributed by atoms with van der Waals surface area (Å²) in [5.41, 5.74) is 0.277. The highest BCUT2D eigenvalue weighted by Crippen LogP contribution is 2.52. The smallest absolute Gasteiger partial charge is 0.226 e. The number of hydrogen-bond donors (Lipinski definition) is 1. The molecule has 1 heterocycles. The third-order valence-electron chi connectivity index (χ3n) is 4.23. The Morgan fingerprint density at radius 1 is 1.38 bits per heavy atom. The van der Waals surface area contributed by atoms with Crippen LogP contribution in [0.5, 0.6) is 0 Å². The lowest BCUT2D eigenvalue weighted by Crippen LogP contribution is -2.41. The highest BCUT2D eigenvalue weighted by atomic mass is 16.2. The van der Waals surface area contributed by atoms with Crippen LogP contribution in [0.15, 0.2) is 0 Å². The van der Waals surface area contributed by atoms with Gasteiger partial charge in [-0.3, -0.25) is 4.79 Å². The monoisotopic (exact) mass is 224 g/mol. The topological polar surface area (TPSA) is 32.3 Å². The van der Waals surface area contributed by atoms with E-state index in [0.29, 0.717) is 11.8 Å². The van der Waals surface area contributed by atoms with Gasteiger partial charge in [-0.25, -0.2) is 0 Å². The molecule has 1 unspecified atom stereocenters. The predicted octanol–water partition coefficient (Wildman–Crippen LogP) is 1.49. The van der Waals surface area contributed by atoms with Crippen LogP contribution in [0.2, 0.25) is 0 Å². The third kappa shape index (κ3) is 2.40. The van der Waals surface area contributed by atoms with E-state index in [4.69, 9.17) is 0 Å². The van der Waals surface area contributed by atoms with Crippen molar-refractivity contribution >= 4 is 5.91 Å². The second-order valence-electron chi connectivity index (χ2n) is 6.07. The van der Waals surface area contributed by atoms with Gasteiger partial charge < -0.3 is 10.2 Å². The van der Waals surface area contributed by atoms with Gasteiger partial charge in [-0.1, -0.05) is 13.8 Å². The molecule has 1 aliphatic heterocycles. The summed E-state index contributed by atoms with van der Waals surface area (Å²) >= 11 is 0. The molecular formula is C13H24N2O. The van der Waals surface area contributed by atoms with Crippen molar-refractivity contribution in [2.75, 3.05) is 26.7 Å². The molecule has 1 N–H and O–H groups in total. The highest BCUT2D eigenvalue weighted by molar-refractivity contribution is 5.82. The molecule has 2 fully saturated rings. The molecule has 1 atom stereocenters. The van der Waals surface area contributed by atoms with Crippen LogP contribution in [-0.4, -0.2) is 37.5 Å². The molecule has 1 saturated heterocycles. The van der Waals surface area contributed by atoms with Gasteiger partial charge in [-0.2, -0.15) is 0 Å². The van der Waals surface area contributed by atoms with Crippen molar-refractivity contribution in [3.63, 3.8) is 0 Å². The van der Waals surface area contributed by atoms with Gasteiger partial charge >= 0.3 is 0 Å². The van der Waals surface area contributed by atoms with E-state index in [9.17, 15) is 4.79 Å². The Hall–Kier alpha value is -0.570. The molecule has 16 heavy (non-hydrogen) atoms. The van der Waals surface area contributed by atoms with E-state index in [2.05, 4.69) is 24.1 Å². The predicted molar refractivity (Wildman–Crippen MR) is 65.1 cm³/mol. The van der Waals surface area contributed by atoms with E-state index in [1.807, 2.05) is 7.05 Å². The normalized spacial score (nSPS) is 29.2. The first-order valence-corrected chi connectivity index (χ1v) is 6.48. The number of nitrogens with one attached hydrogen (secondary N) is 1. The maximum atomic E-state index is 12.2. The Bertz CT molecular complexity index is 267. The molecule has 1 amide bonds. The SMILES string of the molecule is CNCC1CCN(C(=O)C2CC2(C)C)CC1. The largest absolute Gasteiger partial charge is 0.342 e. The zero-order valence-electron chi connectivity index (χ0n) is 10.8. The minimum atomic E-state index is 0.277. The third-order valence-corrected chi connectivity index (χ3v) is 4.23. The molecule has 0 radical (unpaired) electrons. The Morgan fingerprint density at radius 3 is 2.38 bits per heavy atom. The van der Waals surface area contributed by atoms with Crippen molar-refractivity contribution in [2.24, 2.45) is 17.3 Å². The van der Waals surface area contributed by atoms with Crippen molar-refractivity contribution in [2.45, 2.75) is 33.1 Å². The lowest BCUT2D eigenvalue weighted by atomic mass is 9.96. The number of likely N-dealkylation sites (tertiary alicyclic amines) is 1. The molecule has 2 rings (SSSR count). The zero-order valence-corrected chi connectivity index (χ0v) is 10.8. The first-order valence-electron chi connectivity index (χ1n) is 6.48. The van der Waals surface area contributed by atoms with Crippen molar-refractivity contribution in [3.05, 3.63) is 0 Å². The number of amides is 1. The number of carbonyl (C=O) groups excluding carboxylic acids is 1. The summed E-state index contributed by atoms with van der Waals surface area (Å²) in [6.07, 6.45) is 3.42. The highest BCUT2D eigenvalue weighted by Gasteiger charge is 2.52. The zero-order chi connectivity index (χ0) is 11.8. The minimum Gasteiger partial charge on any atom is -0.342 e. The number of piperidine rings is 1. The molecule has 0 aromatic rings. The lowest BCUT2D eigenvalue weighted by Gasteiger charge is -2.32. The first-order chi connectivity index (χ1) is 7.54. The molecule has 1 aliphatic carbocycles. The number of rotatable bonds is 3.